The van der Waals surface area contributed by atoms with Crippen molar-refractivity contribution in [3.8, 4) is 0 Å². The molecule has 3 rings (SSSR count). The van der Waals surface area contributed by atoms with Crippen molar-refractivity contribution in [2.45, 2.75) is 16.9 Å². The molecule has 1 fully saturated rings. The van der Waals surface area contributed by atoms with Crippen molar-refractivity contribution in [1.82, 2.24) is 4.31 Å². The molecule has 1 heterocycles. The number of para-hydroxylation sites is 1. The SMILES string of the molecule is N[C@@H]1CN(S(=O)(=O)c2ccccc2[N+](=O)[O-])C[C@H]1c1ccc(F)cc1. The quantitative estimate of drug-likeness (QED) is 0.657. The standard InChI is InChI=1S/C16H16FN3O4S/c17-12-7-5-11(6-8-12)13-9-19(10-14(13)18)25(23,24)16-4-2-1-3-15(16)20(21)22/h1-8,13-14H,9-10,18H2/t13-,14+/m0/s1. The Balaban J connectivity index is 1.92. The van der Waals surface area contributed by atoms with Crippen molar-refractivity contribution < 1.29 is 17.7 Å². The Morgan fingerprint density at radius 2 is 1.76 bits per heavy atom. The summed E-state index contributed by atoms with van der Waals surface area (Å²) < 4.78 is 39.9. The first-order valence-corrected chi connectivity index (χ1v) is 8.99. The summed E-state index contributed by atoms with van der Waals surface area (Å²) in [4.78, 5) is 10.1. The van der Waals surface area contributed by atoms with E-state index >= 15 is 0 Å². The van der Waals surface area contributed by atoms with Crippen LogP contribution in [0.25, 0.3) is 0 Å². The first-order valence-electron chi connectivity index (χ1n) is 7.55. The topological polar surface area (TPSA) is 107 Å². The minimum Gasteiger partial charge on any atom is -0.326 e. The zero-order valence-corrected chi connectivity index (χ0v) is 13.9. The molecule has 2 N–H and O–H groups in total. The number of nitro benzene ring substituents is 1. The maximum absolute atomic E-state index is 13.1. The van der Waals surface area contributed by atoms with E-state index in [9.17, 15) is 22.9 Å². The molecule has 0 aromatic heterocycles. The van der Waals surface area contributed by atoms with Crippen LogP contribution in [0.15, 0.2) is 53.4 Å². The molecule has 0 amide bonds. The highest BCUT2D eigenvalue weighted by Crippen LogP contribution is 2.33. The second-order valence-corrected chi connectivity index (χ2v) is 7.78. The van der Waals surface area contributed by atoms with Gasteiger partial charge in [0.2, 0.25) is 10.0 Å². The van der Waals surface area contributed by atoms with Gasteiger partial charge in [-0.3, -0.25) is 10.1 Å². The summed E-state index contributed by atoms with van der Waals surface area (Å²) in [6.45, 7) is 0.123. The molecule has 0 spiro atoms. The number of sulfonamides is 1. The first-order chi connectivity index (χ1) is 11.8. The van der Waals surface area contributed by atoms with Crippen LogP contribution in [0, 0.1) is 15.9 Å². The molecule has 2 aromatic carbocycles. The van der Waals surface area contributed by atoms with E-state index in [2.05, 4.69) is 0 Å². The van der Waals surface area contributed by atoms with Crippen LogP contribution in [-0.4, -0.2) is 36.8 Å². The van der Waals surface area contributed by atoms with Crippen molar-refractivity contribution in [1.29, 1.82) is 0 Å². The number of hydrogen-bond acceptors (Lipinski definition) is 5. The highest BCUT2D eigenvalue weighted by Gasteiger charge is 2.40. The van der Waals surface area contributed by atoms with Gasteiger partial charge in [-0.1, -0.05) is 24.3 Å². The summed E-state index contributed by atoms with van der Waals surface area (Å²) in [7, 11) is -4.06. The van der Waals surface area contributed by atoms with E-state index in [-0.39, 0.29) is 29.7 Å². The average Bonchev–Trinajstić information content (AvgIpc) is 2.98. The third-order valence-corrected chi connectivity index (χ3v) is 6.19. The Kier molecular flexibility index (Phi) is 4.55. The van der Waals surface area contributed by atoms with Gasteiger partial charge in [0.1, 0.15) is 5.82 Å². The third kappa shape index (κ3) is 3.26. The van der Waals surface area contributed by atoms with E-state index in [4.69, 9.17) is 5.73 Å². The summed E-state index contributed by atoms with van der Waals surface area (Å²) >= 11 is 0. The second kappa shape index (κ2) is 6.51. The van der Waals surface area contributed by atoms with Crippen LogP contribution in [0.1, 0.15) is 11.5 Å². The molecule has 132 valence electrons. The van der Waals surface area contributed by atoms with Crippen LogP contribution in [0.3, 0.4) is 0 Å². The molecule has 0 unspecified atom stereocenters. The highest BCUT2D eigenvalue weighted by atomic mass is 32.2. The normalized spacial score (nSPS) is 21.4. The first kappa shape index (κ1) is 17.5. The van der Waals surface area contributed by atoms with Crippen LogP contribution >= 0.6 is 0 Å². The molecule has 0 radical (unpaired) electrons. The summed E-state index contributed by atoms with van der Waals surface area (Å²) in [6, 6.07) is 10.5. The van der Waals surface area contributed by atoms with Crippen LogP contribution in [-0.2, 0) is 10.0 Å². The lowest BCUT2D eigenvalue weighted by Crippen LogP contribution is -2.32. The van der Waals surface area contributed by atoms with Gasteiger partial charge in [-0.05, 0) is 23.8 Å². The molecule has 0 bridgehead atoms. The summed E-state index contributed by atoms with van der Waals surface area (Å²) in [5.41, 5.74) is 6.34. The number of nitrogens with two attached hydrogens (primary N) is 1. The van der Waals surface area contributed by atoms with Crippen molar-refractivity contribution in [2.24, 2.45) is 5.73 Å². The molecule has 1 aliphatic heterocycles. The fraction of sp³-hybridized carbons (Fsp3) is 0.250. The van der Waals surface area contributed by atoms with E-state index in [1.54, 1.807) is 12.1 Å². The van der Waals surface area contributed by atoms with Crippen LogP contribution in [0.2, 0.25) is 0 Å². The van der Waals surface area contributed by atoms with E-state index in [1.165, 1.54) is 30.3 Å². The number of hydrogen-bond donors (Lipinski definition) is 1. The molecule has 0 aliphatic carbocycles. The van der Waals surface area contributed by atoms with Gasteiger partial charge in [0.25, 0.3) is 5.69 Å². The van der Waals surface area contributed by atoms with Crippen molar-refractivity contribution in [3.63, 3.8) is 0 Å². The largest absolute Gasteiger partial charge is 0.326 e. The monoisotopic (exact) mass is 365 g/mol. The maximum atomic E-state index is 13.1. The predicted octanol–water partition coefficient (Wildman–Crippen LogP) is 1.85. The van der Waals surface area contributed by atoms with E-state index in [0.29, 0.717) is 0 Å². The lowest BCUT2D eigenvalue weighted by atomic mass is 9.95. The molecule has 7 nitrogen and oxygen atoms in total. The molecule has 1 saturated heterocycles. The van der Waals surface area contributed by atoms with Gasteiger partial charge in [-0.2, -0.15) is 4.31 Å². The molecule has 2 atom stereocenters. The van der Waals surface area contributed by atoms with Gasteiger partial charge in [0.05, 0.1) is 4.92 Å². The zero-order valence-electron chi connectivity index (χ0n) is 13.1. The highest BCUT2D eigenvalue weighted by molar-refractivity contribution is 7.89. The van der Waals surface area contributed by atoms with Crippen LogP contribution in [0.5, 0.6) is 0 Å². The minimum absolute atomic E-state index is 0.0381. The second-order valence-electron chi connectivity index (χ2n) is 5.87. The molecule has 2 aromatic rings. The van der Waals surface area contributed by atoms with Crippen molar-refractivity contribution in [2.75, 3.05) is 13.1 Å². The van der Waals surface area contributed by atoms with Gasteiger partial charge in [-0.25, -0.2) is 12.8 Å². The van der Waals surface area contributed by atoms with Crippen LogP contribution in [0.4, 0.5) is 10.1 Å². The lowest BCUT2D eigenvalue weighted by Gasteiger charge is -2.16. The Morgan fingerprint density at radius 3 is 2.40 bits per heavy atom. The fourth-order valence-electron chi connectivity index (χ4n) is 3.02. The number of nitro groups is 1. The summed E-state index contributed by atoms with van der Waals surface area (Å²) in [5, 5.41) is 11.1. The Hall–Kier alpha value is -2.36. The van der Waals surface area contributed by atoms with Gasteiger partial charge in [0.15, 0.2) is 4.90 Å². The molecular weight excluding hydrogens is 349 g/mol. The number of benzene rings is 2. The number of halogens is 1. The van der Waals surface area contributed by atoms with Crippen molar-refractivity contribution >= 4 is 15.7 Å². The number of rotatable bonds is 4. The van der Waals surface area contributed by atoms with Crippen LogP contribution < -0.4 is 5.73 Å². The summed E-state index contributed by atoms with van der Waals surface area (Å²) in [5.74, 6) is -0.696. The van der Waals surface area contributed by atoms with E-state index in [0.717, 1.165) is 15.9 Å². The van der Waals surface area contributed by atoms with Gasteiger partial charge >= 0.3 is 0 Å². The minimum atomic E-state index is -4.06. The number of nitrogens with zero attached hydrogens (tertiary/aromatic N) is 2. The molecule has 25 heavy (non-hydrogen) atoms. The van der Waals surface area contributed by atoms with Gasteiger partial charge in [0, 0.05) is 31.1 Å². The Morgan fingerprint density at radius 1 is 1.12 bits per heavy atom. The predicted molar refractivity (Wildman–Crippen MR) is 89.0 cm³/mol. The Bertz CT molecular complexity index is 902. The maximum Gasteiger partial charge on any atom is 0.289 e. The molecule has 1 aliphatic rings. The molecule has 9 heteroatoms. The Labute approximate surface area is 144 Å². The van der Waals surface area contributed by atoms with Gasteiger partial charge < -0.3 is 5.73 Å². The molecule has 0 saturated carbocycles. The third-order valence-electron chi connectivity index (χ3n) is 4.31. The zero-order chi connectivity index (χ0) is 18.2. The van der Waals surface area contributed by atoms with Gasteiger partial charge in [-0.15, -0.1) is 0 Å². The lowest BCUT2D eigenvalue weighted by molar-refractivity contribution is -0.387. The smallest absolute Gasteiger partial charge is 0.289 e. The van der Waals surface area contributed by atoms with E-state index in [1.807, 2.05) is 0 Å². The van der Waals surface area contributed by atoms with Crippen molar-refractivity contribution in [3.05, 3.63) is 70.0 Å². The molecular formula is C16H16FN3O4S. The summed E-state index contributed by atoms with van der Waals surface area (Å²) in [6.07, 6.45) is 0. The fourth-order valence-corrected chi connectivity index (χ4v) is 4.68. The van der Waals surface area contributed by atoms with E-state index < -0.39 is 26.7 Å². The average molecular weight is 365 g/mol.